The SMILES string of the molecule is CCN(CC)C(=O)CN(C)C(=O)C1CCC(=O)N(c2ccc(C)cc2)C1c1cccs1. The first-order valence-corrected chi connectivity index (χ1v) is 11.7. The Balaban J connectivity index is 1.91. The minimum Gasteiger partial charge on any atom is -0.342 e. The number of carbonyl (C=O) groups is 3. The molecule has 1 aromatic carbocycles. The lowest BCUT2D eigenvalue weighted by Gasteiger charge is -2.41. The van der Waals surface area contributed by atoms with E-state index in [-0.39, 0.29) is 30.3 Å². The number of nitrogens with zero attached hydrogens (tertiary/aromatic N) is 3. The average Bonchev–Trinajstić information content (AvgIpc) is 3.29. The zero-order valence-corrected chi connectivity index (χ0v) is 19.5. The highest BCUT2D eigenvalue weighted by Gasteiger charge is 2.43. The molecule has 31 heavy (non-hydrogen) atoms. The first-order valence-electron chi connectivity index (χ1n) is 10.8. The molecule has 0 saturated carbocycles. The smallest absolute Gasteiger partial charge is 0.242 e. The molecule has 1 aliphatic rings. The van der Waals surface area contributed by atoms with E-state index in [0.717, 1.165) is 16.1 Å². The van der Waals surface area contributed by atoms with E-state index in [4.69, 9.17) is 0 Å². The van der Waals surface area contributed by atoms with Gasteiger partial charge in [0.2, 0.25) is 17.7 Å². The van der Waals surface area contributed by atoms with Crippen LogP contribution in [0.3, 0.4) is 0 Å². The third-order valence-electron chi connectivity index (χ3n) is 5.93. The van der Waals surface area contributed by atoms with Crippen LogP contribution in [0, 0.1) is 12.8 Å². The van der Waals surface area contributed by atoms with Crippen molar-refractivity contribution in [1.82, 2.24) is 9.80 Å². The number of anilines is 1. The quantitative estimate of drug-likeness (QED) is 0.655. The van der Waals surface area contributed by atoms with Crippen molar-refractivity contribution >= 4 is 34.7 Å². The Morgan fingerprint density at radius 3 is 2.39 bits per heavy atom. The van der Waals surface area contributed by atoms with E-state index < -0.39 is 5.92 Å². The fraction of sp³-hybridized carbons (Fsp3) is 0.458. The molecular formula is C24H31N3O3S. The summed E-state index contributed by atoms with van der Waals surface area (Å²) in [6.45, 7) is 7.16. The molecule has 0 bridgehead atoms. The van der Waals surface area contributed by atoms with Gasteiger partial charge in [-0.2, -0.15) is 0 Å². The van der Waals surface area contributed by atoms with Gasteiger partial charge in [0, 0.05) is 37.1 Å². The third kappa shape index (κ3) is 4.98. The Morgan fingerprint density at radius 1 is 1.13 bits per heavy atom. The number of carbonyl (C=O) groups excluding carboxylic acids is 3. The number of amides is 3. The molecule has 3 rings (SSSR count). The number of rotatable bonds is 7. The summed E-state index contributed by atoms with van der Waals surface area (Å²) < 4.78 is 0. The van der Waals surface area contributed by atoms with Crippen LogP contribution in [0.1, 0.15) is 43.2 Å². The molecule has 1 fully saturated rings. The van der Waals surface area contributed by atoms with Crippen molar-refractivity contribution < 1.29 is 14.4 Å². The molecule has 3 amide bonds. The highest BCUT2D eigenvalue weighted by atomic mass is 32.1. The molecule has 166 valence electrons. The lowest BCUT2D eigenvalue weighted by atomic mass is 9.86. The molecular weight excluding hydrogens is 410 g/mol. The summed E-state index contributed by atoms with van der Waals surface area (Å²) in [5.41, 5.74) is 1.91. The van der Waals surface area contributed by atoms with Crippen molar-refractivity contribution in [3.05, 3.63) is 52.2 Å². The van der Waals surface area contributed by atoms with Gasteiger partial charge in [0.1, 0.15) is 0 Å². The maximum absolute atomic E-state index is 13.5. The lowest BCUT2D eigenvalue weighted by molar-refractivity contribution is -0.143. The van der Waals surface area contributed by atoms with E-state index >= 15 is 0 Å². The zero-order chi connectivity index (χ0) is 22.5. The number of hydrogen-bond donors (Lipinski definition) is 0. The predicted molar refractivity (Wildman–Crippen MR) is 124 cm³/mol. The molecule has 7 heteroatoms. The Morgan fingerprint density at radius 2 is 1.81 bits per heavy atom. The Labute approximate surface area is 188 Å². The van der Waals surface area contributed by atoms with Gasteiger partial charge in [0.05, 0.1) is 18.5 Å². The van der Waals surface area contributed by atoms with Crippen LogP contribution in [0.5, 0.6) is 0 Å². The normalized spacial score (nSPS) is 18.7. The van der Waals surface area contributed by atoms with E-state index in [2.05, 4.69) is 0 Å². The van der Waals surface area contributed by atoms with Crippen LogP contribution in [0.25, 0.3) is 0 Å². The van der Waals surface area contributed by atoms with Crippen LogP contribution in [0.15, 0.2) is 41.8 Å². The third-order valence-corrected chi connectivity index (χ3v) is 6.87. The summed E-state index contributed by atoms with van der Waals surface area (Å²) in [7, 11) is 1.68. The second kappa shape index (κ2) is 10.1. The number of hydrogen-bond acceptors (Lipinski definition) is 4. The Hall–Kier alpha value is -2.67. The second-order valence-corrected chi connectivity index (χ2v) is 8.94. The minimum absolute atomic E-state index is 0.0215. The van der Waals surface area contributed by atoms with Gasteiger partial charge >= 0.3 is 0 Å². The molecule has 2 heterocycles. The number of benzene rings is 1. The van der Waals surface area contributed by atoms with E-state index in [0.29, 0.717) is 25.9 Å². The molecule has 2 unspecified atom stereocenters. The maximum atomic E-state index is 13.5. The molecule has 6 nitrogen and oxygen atoms in total. The molecule has 0 N–H and O–H groups in total. The molecule has 2 aromatic rings. The standard InChI is InChI=1S/C24H31N3O3S/c1-5-26(6-2)22(29)16-25(4)24(30)19-13-14-21(28)27(18-11-9-17(3)10-12-18)23(19)20-8-7-15-31-20/h7-12,15,19,23H,5-6,13-14,16H2,1-4H3. The molecule has 0 spiro atoms. The lowest BCUT2D eigenvalue weighted by Crippen LogP contribution is -2.50. The molecule has 1 aliphatic heterocycles. The van der Waals surface area contributed by atoms with Crippen molar-refractivity contribution in [3.8, 4) is 0 Å². The average molecular weight is 442 g/mol. The molecule has 0 aliphatic carbocycles. The molecule has 1 saturated heterocycles. The number of piperidine rings is 1. The topological polar surface area (TPSA) is 60.9 Å². The van der Waals surface area contributed by atoms with Gasteiger partial charge in [-0.15, -0.1) is 11.3 Å². The van der Waals surface area contributed by atoms with Crippen LogP contribution >= 0.6 is 11.3 Å². The zero-order valence-electron chi connectivity index (χ0n) is 18.7. The summed E-state index contributed by atoms with van der Waals surface area (Å²) in [4.78, 5) is 45.1. The van der Waals surface area contributed by atoms with Gasteiger partial charge in [0.25, 0.3) is 0 Å². The van der Waals surface area contributed by atoms with E-state index in [9.17, 15) is 14.4 Å². The van der Waals surface area contributed by atoms with E-state index in [1.807, 2.05) is 62.5 Å². The molecule has 1 aromatic heterocycles. The van der Waals surface area contributed by atoms with Gasteiger partial charge in [-0.05, 0) is 50.8 Å². The maximum Gasteiger partial charge on any atom is 0.242 e. The first-order chi connectivity index (χ1) is 14.9. The summed E-state index contributed by atoms with van der Waals surface area (Å²) >= 11 is 1.55. The summed E-state index contributed by atoms with van der Waals surface area (Å²) in [5, 5.41) is 1.97. The van der Waals surface area contributed by atoms with Crippen LogP contribution < -0.4 is 4.90 Å². The largest absolute Gasteiger partial charge is 0.342 e. The van der Waals surface area contributed by atoms with Crippen molar-refractivity contribution in [3.63, 3.8) is 0 Å². The van der Waals surface area contributed by atoms with Gasteiger partial charge in [0.15, 0.2) is 0 Å². The summed E-state index contributed by atoms with van der Waals surface area (Å²) in [5.74, 6) is -0.528. The van der Waals surface area contributed by atoms with E-state index in [1.165, 1.54) is 4.90 Å². The van der Waals surface area contributed by atoms with Crippen molar-refractivity contribution in [2.24, 2.45) is 5.92 Å². The van der Waals surface area contributed by atoms with Crippen LogP contribution in [-0.4, -0.2) is 54.2 Å². The minimum atomic E-state index is -0.396. The van der Waals surface area contributed by atoms with Crippen LogP contribution in [-0.2, 0) is 14.4 Å². The highest BCUT2D eigenvalue weighted by Crippen LogP contribution is 2.42. The van der Waals surface area contributed by atoms with Gasteiger partial charge in [-0.1, -0.05) is 23.8 Å². The summed E-state index contributed by atoms with van der Waals surface area (Å²) in [6, 6.07) is 11.4. The number of likely N-dealkylation sites (N-methyl/N-ethyl adjacent to an activating group) is 2. The van der Waals surface area contributed by atoms with Crippen molar-refractivity contribution in [2.45, 2.75) is 39.7 Å². The summed E-state index contributed by atoms with van der Waals surface area (Å²) in [6.07, 6.45) is 0.788. The molecule has 2 atom stereocenters. The van der Waals surface area contributed by atoms with Crippen LogP contribution in [0.4, 0.5) is 5.69 Å². The van der Waals surface area contributed by atoms with Gasteiger partial charge in [-0.25, -0.2) is 0 Å². The van der Waals surface area contributed by atoms with Crippen molar-refractivity contribution in [2.75, 3.05) is 31.6 Å². The predicted octanol–water partition coefficient (Wildman–Crippen LogP) is 3.87. The van der Waals surface area contributed by atoms with Crippen LogP contribution in [0.2, 0.25) is 0 Å². The fourth-order valence-corrected chi connectivity index (χ4v) is 5.07. The Bertz CT molecular complexity index is 907. The number of aryl methyl sites for hydroxylation is 1. The van der Waals surface area contributed by atoms with E-state index in [1.54, 1.807) is 28.2 Å². The monoisotopic (exact) mass is 441 g/mol. The second-order valence-electron chi connectivity index (χ2n) is 7.97. The fourth-order valence-electron chi connectivity index (χ4n) is 4.19. The first kappa shape index (κ1) is 23.0. The van der Waals surface area contributed by atoms with Crippen molar-refractivity contribution in [1.29, 1.82) is 0 Å². The molecule has 0 radical (unpaired) electrons. The number of thiophene rings is 1. The van der Waals surface area contributed by atoms with Gasteiger partial charge in [-0.3, -0.25) is 14.4 Å². The highest BCUT2D eigenvalue weighted by molar-refractivity contribution is 7.10. The Kier molecular flexibility index (Phi) is 7.49. The van der Waals surface area contributed by atoms with Gasteiger partial charge < -0.3 is 14.7 Å².